The standard InChI is InChI=1S/C24H24N4OS2/c1-16-10-11-21(17(2)12-16)28(18(3)29)24-26-20(15-31-24)14-30-23-25-13-22(27(23)4)19-8-6-5-7-9-19/h5-13,15H,14H2,1-4H3. The van der Waals surface area contributed by atoms with E-state index in [1.807, 2.05) is 55.9 Å². The molecule has 0 atom stereocenters. The molecular formula is C24H24N4OS2. The fraction of sp³-hybridized carbons (Fsp3) is 0.208. The van der Waals surface area contributed by atoms with Gasteiger partial charge in [0.05, 0.1) is 23.3 Å². The third-order valence-electron chi connectivity index (χ3n) is 5.00. The molecule has 2 aromatic carbocycles. The Bertz CT molecular complexity index is 1210. The van der Waals surface area contributed by atoms with E-state index in [0.29, 0.717) is 10.9 Å². The van der Waals surface area contributed by atoms with Gasteiger partial charge in [-0.2, -0.15) is 0 Å². The van der Waals surface area contributed by atoms with Gasteiger partial charge in [0.2, 0.25) is 5.91 Å². The number of hydrogen-bond donors (Lipinski definition) is 0. The lowest BCUT2D eigenvalue weighted by molar-refractivity contribution is -0.115. The molecule has 5 nitrogen and oxygen atoms in total. The SMILES string of the molecule is CC(=O)N(c1nc(CSc2ncc(-c3ccccc3)n2C)cs1)c1ccc(C)cc1C. The second-order valence-electron chi connectivity index (χ2n) is 7.41. The summed E-state index contributed by atoms with van der Waals surface area (Å²) in [6.45, 7) is 5.65. The van der Waals surface area contributed by atoms with Crippen molar-refractivity contribution in [2.75, 3.05) is 4.90 Å². The van der Waals surface area contributed by atoms with Crippen LogP contribution in [0.1, 0.15) is 23.7 Å². The van der Waals surface area contributed by atoms with Crippen LogP contribution in [-0.2, 0) is 17.6 Å². The average Bonchev–Trinajstić information content (AvgIpc) is 3.35. The summed E-state index contributed by atoms with van der Waals surface area (Å²) in [6, 6.07) is 16.3. The summed E-state index contributed by atoms with van der Waals surface area (Å²) < 4.78 is 2.10. The van der Waals surface area contributed by atoms with Gasteiger partial charge in [0.15, 0.2) is 10.3 Å². The van der Waals surface area contributed by atoms with Crippen molar-refractivity contribution in [2.24, 2.45) is 7.05 Å². The van der Waals surface area contributed by atoms with Crippen molar-refractivity contribution in [3.8, 4) is 11.3 Å². The first-order chi connectivity index (χ1) is 14.9. The van der Waals surface area contributed by atoms with Gasteiger partial charge in [0, 0.05) is 25.1 Å². The summed E-state index contributed by atoms with van der Waals surface area (Å²) in [5, 5.41) is 3.65. The number of rotatable bonds is 6. The van der Waals surface area contributed by atoms with Gasteiger partial charge in [-0.1, -0.05) is 59.8 Å². The highest BCUT2D eigenvalue weighted by Crippen LogP contribution is 2.33. The molecule has 0 spiro atoms. The molecule has 4 rings (SSSR count). The second-order valence-corrected chi connectivity index (χ2v) is 9.18. The lowest BCUT2D eigenvalue weighted by Crippen LogP contribution is -2.23. The maximum absolute atomic E-state index is 12.4. The highest BCUT2D eigenvalue weighted by atomic mass is 32.2. The molecule has 2 heterocycles. The van der Waals surface area contributed by atoms with Crippen molar-refractivity contribution in [1.29, 1.82) is 0 Å². The van der Waals surface area contributed by atoms with Gasteiger partial charge in [-0.05, 0) is 31.0 Å². The first-order valence-electron chi connectivity index (χ1n) is 9.96. The number of anilines is 2. The number of benzene rings is 2. The summed E-state index contributed by atoms with van der Waals surface area (Å²) in [5.74, 6) is 0.644. The van der Waals surface area contributed by atoms with Crippen LogP contribution in [0, 0.1) is 13.8 Å². The molecule has 4 aromatic rings. The largest absolute Gasteiger partial charge is 0.322 e. The normalized spacial score (nSPS) is 11.0. The van der Waals surface area contributed by atoms with Gasteiger partial charge in [0.1, 0.15) is 0 Å². The number of nitrogens with zero attached hydrogens (tertiary/aromatic N) is 4. The Morgan fingerprint density at radius 1 is 1.16 bits per heavy atom. The van der Waals surface area contributed by atoms with Gasteiger partial charge in [-0.15, -0.1) is 11.3 Å². The topological polar surface area (TPSA) is 51.0 Å². The van der Waals surface area contributed by atoms with Gasteiger partial charge >= 0.3 is 0 Å². The summed E-state index contributed by atoms with van der Waals surface area (Å²) in [7, 11) is 2.03. The van der Waals surface area contributed by atoms with Crippen LogP contribution < -0.4 is 4.90 Å². The van der Waals surface area contributed by atoms with Gasteiger partial charge in [0.25, 0.3) is 0 Å². The Balaban J connectivity index is 1.52. The molecule has 0 aliphatic carbocycles. The van der Waals surface area contributed by atoms with Gasteiger partial charge < -0.3 is 4.57 Å². The highest BCUT2D eigenvalue weighted by Gasteiger charge is 2.20. The van der Waals surface area contributed by atoms with Crippen LogP contribution in [0.25, 0.3) is 11.3 Å². The van der Waals surface area contributed by atoms with E-state index >= 15 is 0 Å². The van der Waals surface area contributed by atoms with Crippen molar-refractivity contribution in [3.63, 3.8) is 0 Å². The first-order valence-corrected chi connectivity index (χ1v) is 11.8. The Labute approximate surface area is 190 Å². The molecule has 158 valence electrons. The molecule has 0 unspecified atom stereocenters. The number of thiazole rings is 1. The minimum Gasteiger partial charge on any atom is -0.322 e. The van der Waals surface area contributed by atoms with Crippen LogP contribution >= 0.6 is 23.1 Å². The number of thioether (sulfide) groups is 1. The lowest BCUT2D eigenvalue weighted by Gasteiger charge is -2.20. The fourth-order valence-corrected chi connectivity index (χ4v) is 5.30. The summed E-state index contributed by atoms with van der Waals surface area (Å²) in [4.78, 5) is 23.5. The summed E-state index contributed by atoms with van der Waals surface area (Å²) in [5.41, 5.74) is 6.27. The van der Waals surface area contributed by atoms with E-state index in [2.05, 4.69) is 34.7 Å². The van der Waals surface area contributed by atoms with Crippen LogP contribution in [-0.4, -0.2) is 20.4 Å². The zero-order valence-corrected chi connectivity index (χ0v) is 19.6. The number of hydrogen-bond acceptors (Lipinski definition) is 5. The minimum atomic E-state index is -0.0443. The fourth-order valence-electron chi connectivity index (χ4n) is 3.47. The summed E-state index contributed by atoms with van der Waals surface area (Å²) >= 11 is 3.13. The summed E-state index contributed by atoms with van der Waals surface area (Å²) in [6.07, 6.45) is 1.90. The molecule has 0 saturated carbocycles. The maximum Gasteiger partial charge on any atom is 0.230 e. The van der Waals surface area contributed by atoms with Crippen molar-refractivity contribution < 1.29 is 4.79 Å². The molecule has 0 saturated heterocycles. The van der Waals surface area contributed by atoms with Crippen molar-refractivity contribution in [2.45, 2.75) is 31.7 Å². The average molecular weight is 449 g/mol. The molecule has 0 bridgehead atoms. The zero-order chi connectivity index (χ0) is 22.0. The molecular weight excluding hydrogens is 424 g/mol. The monoisotopic (exact) mass is 448 g/mol. The molecule has 0 aliphatic rings. The number of carbonyl (C=O) groups is 1. The van der Waals surface area contributed by atoms with Crippen LogP contribution in [0.5, 0.6) is 0 Å². The number of imidazole rings is 1. The molecule has 0 fully saturated rings. The van der Waals surface area contributed by atoms with Crippen LogP contribution in [0.4, 0.5) is 10.8 Å². The number of aryl methyl sites for hydroxylation is 2. The molecule has 0 radical (unpaired) electrons. The Kier molecular flexibility index (Phi) is 6.25. The number of aromatic nitrogens is 3. The Morgan fingerprint density at radius 3 is 2.65 bits per heavy atom. The van der Waals surface area contributed by atoms with Crippen molar-refractivity contribution in [3.05, 3.63) is 76.9 Å². The number of carbonyl (C=O) groups excluding carboxylic acids is 1. The molecule has 7 heteroatoms. The van der Waals surface area contributed by atoms with Crippen molar-refractivity contribution >= 4 is 39.8 Å². The lowest BCUT2D eigenvalue weighted by atomic mass is 10.1. The van der Waals surface area contributed by atoms with Gasteiger partial charge in [-0.25, -0.2) is 9.97 Å². The Morgan fingerprint density at radius 2 is 1.94 bits per heavy atom. The highest BCUT2D eigenvalue weighted by molar-refractivity contribution is 7.98. The predicted octanol–water partition coefficient (Wildman–Crippen LogP) is 6.14. The van der Waals surface area contributed by atoms with E-state index in [1.54, 1.807) is 23.6 Å². The molecule has 2 aromatic heterocycles. The van der Waals surface area contributed by atoms with Crippen LogP contribution in [0.3, 0.4) is 0 Å². The predicted molar refractivity (Wildman–Crippen MR) is 129 cm³/mol. The van der Waals surface area contributed by atoms with Crippen LogP contribution in [0.2, 0.25) is 0 Å². The molecule has 31 heavy (non-hydrogen) atoms. The van der Waals surface area contributed by atoms with Crippen molar-refractivity contribution in [1.82, 2.24) is 14.5 Å². The smallest absolute Gasteiger partial charge is 0.230 e. The van der Waals surface area contributed by atoms with E-state index in [-0.39, 0.29) is 5.91 Å². The molecule has 0 N–H and O–H groups in total. The minimum absolute atomic E-state index is 0.0443. The molecule has 0 aliphatic heterocycles. The van der Waals surface area contributed by atoms with E-state index < -0.39 is 0 Å². The molecule has 1 amide bonds. The second kappa shape index (κ2) is 9.08. The zero-order valence-electron chi connectivity index (χ0n) is 18.0. The van der Waals surface area contributed by atoms with E-state index in [1.165, 1.54) is 16.9 Å². The quantitative estimate of drug-likeness (QED) is 0.333. The van der Waals surface area contributed by atoms with E-state index in [4.69, 9.17) is 4.98 Å². The maximum atomic E-state index is 12.4. The first kappa shape index (κ1) is 21.3. The van der Waals surface area contributed by atoms with Gasteiger partial charge in [-0.3, -0.25) is 9.69 Å². The Hall–Kier alpha value is -2.90. The van der Waals surface area contributed by atoms with Crippen LogP contribution in [0.15, 0.2) is 65.3 Å². The van der Waals surface area contributed by atoms with E-state index in [9.17, 15) is 4.79 Å². The third-order valence-corrected chi connectivity index (χ3v) is 6.96. The third kappa shape index (κ3) is 4.57. The van der Waals surface area contributed by atoms with E-state index in [0.717, 1.165) is 33.4 Å². The number of amides is 1.